The molecule has 25 heavy (non-hydrogen) atoms. The number of allylic oxidation sites excluding steroid dienone is 1. The van der Waals surface area contributed by atoms with Crippen molar-refractivity contribution in [2.45, 2.75) is 52.4 Å². The third-order valence-electron chi connectivity index (χ3n) is 5.00. The molecule has 3 rings (SSSR count). The average molecular weight is 348 g/mol. The fourth-order valence-electron chi connectivity index (χ4n) is 3.63. The quantitative estimate of drug-likeness (QED) is 0.313. The van der Waals surface area contributed by atoms with Gasteiger partial charge in [0.05, 0.1) is 10.8 Å². The maximum atomic E-state index is 4.70. The van der Waals surface area contributed by atoms with Gasteiger partial charge in [-0.25, -0.2) is 0 Å². The molecule has 0 aromatic heterocycles. The van der Waals surface area contributed by atoms with E-state index in [1.165, 1.54) is 59.1 Å². The molecule has 2 aromatic rings. The lowest BCUT2D eigenvalue weighted by atomic mass is 9.86. The summed E-state index contributed by atoms with van der Waals surface area (Å²) in [4.78, 5) is 4.09. The van der Waals surface area contributed by atoms with Crippen molar-refractivity contribution in [1.29, 1.82) is 0 Å². The molecule has 0 saturated carbocycles. The topological polar surface area (TPSA) is 12.4 Å². The molecule has 0 unspecified atom stereocenters. The summed E-state index contributed by atoms with van der Waals surface area (Å²) < 4.78 is 0. The summed E-state index contributed by atoms with van der Waals surface area (Å²) in [5, 5.41) is 2.45. The molecule has 1 aliphatic rings. The number of aryl methyl sites for hydroxylation is 3. The molecule has 0 atom stereocenters. The Balaban J connectivity index is 1.83. The van der Waals surface area contributed by atoms with E-state index in [4.69, 9.17) is 12.2 Å². The Morgan fingerprint density at radius 3 is 2.72 bits per heavy atom. The Bertz CT molecular complexity index is 841. The SMILES string of the molecule is CCCCCc1ccc(C2=Cc3ccc(N=C=S)cc3CC2)c(C)c1. The standard InChI is InChI=1S/C23H25NS/c1-3-4-5-6-18-7-12-23(17(2)13-18)21-9-8-20-15-22(24-16-25)11-10-19(20)14-21/h7,10-15H,3-6,8-9H2,1-2H3. The number of rotatable bonds is 6. The van der Waals surface area contributed by atoms with E-state index in [9.17, 15) is 0 Å². The monoisotopic (exact) mass is 347 g/mol. The highest BCUT2D eigenvalue weighted by Crippen LogP contribution is 2.33. The van der Waals surface area contributed by atoms with Crippen LogP contribution in [0, 0.1) is 6.92 Å². The summed E-state index contributed by atoms with van der Waals surface area (Å²) in [5.74, 6) is 0. The summed E-state index contributed by atoms with van der Waals surface area (Å²) in [7, 11) is 0. The highest BCUT2D eigenvalue weighted by molar-refractivity contribution is 7.78. The van der Waals surface area contributed by atoms with E-state index in [0.717, 1.165) is 18.5 Å². The number of unbranched alkanes of at least 4 members (excludes halogenated alkanes) is 2. The zero-order valence-corrected chi connectivity index (χ0v) is 16.0. The third-order valence-corrected chi connectivity index (χ3v) is 5.09. The Morgan fingerprint density at radius 2 is 1.96 bits per heavy atom. The molecule has 0 heterocycles. The van der Waals surface area contributed by atoms with Gasteiger partial charge in [0.1, 0.15) is 0 Å². The van der Waals surface area contributed by atoms with Crippen LogP contribution < -0.4 is 0 Å². The Hall–Kier alpha value is -2.02. The summed E-state index contributed by atoms with van der Waals surface area (Å²) in [6.45, 7) is 4.50. The minimum Gasteiger partial charge on any atom is -0.195 e. The number of isothiocyanates is 1. The normalized spacial score (nSPS) is 13.0. The van der Waals surface area contributed by atoms with Gasteiger partial charge in [-0.2, -0.15) is 4.99 Å². The average Bonchev–Trinajstić information content (AvgIpc) is 2.62. The lowest BCUT2D eigenvalue weighted by Gasteiger charge is -2.19. The van der Waals surface area contributed by atoms with E-state index < -0.39 is 0 Å². The van der Waals surface area contributed by atoms with Gasteiger partial charge >= 0.3 is 0 Å². The largest absolute Gasteiger partial charge is 0.195 e. The van der Waals surface area contributed by atoms with Crippen LogP contribution in [0.4, 0.5) is 5.69 Å². The van der Waals surface area contributed by atoms with E-state index >= 15 is 0 Å². The van der Waals surface area contributed by atoms with Gasteiger partial charge in [-0.15, -0.1) is 0 Å². The summed E-state index contributed by atoms with van der Waals surface area (Å²) in [5.41, 5.74) is 9.25. The Kier molecular flexibility index (Phi) is 5.96. The van der Waals surface area contributed by atoms with Gasteiger partial charge in [0, 0.05) is 0 Å². The van der Waals surface area contributed by atoms with E-state index in [0.29, 0.717) is 0 Å². The number of benzene rings is 2. The van der Waals surface area contributed by atoms with E-state index in [2.05, 4.69) is 60.4 Å². The smallest absolute Gasteiger partial charge is 0.0742 e. The molecule has 0 amide bonds. The lowest BCUT2D eigenvalue weighted by Crippen LogP contribution is -2.00. The zero-order chi connectivity index (χ0) is 17.6. The molecule has 2 heteroatoms. The number of thiocarbonyl (C=S) groups is 1. The fraction of sp³-hybridized carbons (Fsp3) is 0.348. The van der Waals surface area contributed by atoms with Gasteiger partial charge in [0.25, 0.3) is 0 Å². The molecular weight excluding hydrogens is 322 g/mol. The molecule has 0 bridgehead atoms. The highest BCUT2D eigenvalue weighted by Gasteiger charge is 2.14. The predicted octanol–water partition coefficient (Wildman–Crippen LogP) is 6.95. The van der Waals surface area contributed by atoms with Crippen molar-refractivity contribution in [3.63, 3.8) is 0 Å². The lowest BCUT2D eigenvalue weighted by molar-refractivity contribution is 0.717. The van der Waals surface area contributed by atoms with Gasteiger partial charge in [-0.05, 0) is 90.3 Å². The first kappa shape index (κ1) is 17.8. The second-order valence-corrected chi connectivity index (χ2v) is 7.04. The van der Waals surface area contributed by atoms with Gasteiger partial charge in [-0.3, -0.25) is 0 Å². The Labute approximate surface area is 156 Å². The van der Waals surface area contributed by atoms with Crippen LogP contribution in [0.5, 0.6) is 0 Å². The first-order valence-corrected chi connectivity index (χ1v) is 9.63. The molecule has 0 radical (unpaired) electrons. The van der Waals surface area contributed by atoms with Crippen molar-refractivity contribution in [2.75, 3.05) is 0 Å². The second kappa shape index (κ2) is 8.38. The molecule has 0 fully saturated rings. The molecule has 1 nitrogen and oxygen atoms in total. The highest BCUT2D eigenvalue weighted by atomic mass is 32.1. The van der Waals surface area contributed by atoms with Gasteiger partial charge in [-0.1, -0.05) is 50.1 Å². The van der Waals surface area contributed by atoms with E-state index in [1.807, 2.05) is 6.07 Å². The molecule has 2 aromatic carbocycles. The molecule has 128 valence electrons. The Morgan fingerprint density at radius 1 is 1.08 bits per heavy atom. The van der Waals surface area contributed by atoms with Crippen molar-refractivity contribution >= 4 is 34.7 Å². The van der Waals surface area contributed by atoms with Gasteiger partial charge < -0.3 is 0 Å². The first-order chi connectivity index (χ1) is 12.2. The van der Waals surface area contributed by atoms with E-state index in [1.54, 1.807) is 0 Å². The van der Waals surface area contributed by atoms with Crippen LogP contribution in [0.25, 0.3) is 11.6 Å². The minimum absolute atomic E-state index is 0.901. The number of nitrogens with zero attached hydrogens (tertiary/aromatic N) is 1. The summed E-state index contributed by atoms with van der Waals surface area (Å²) in [6.07, 6.45) is 9.55. The fourth-order valence-corrected chi connectivity index (χ4v) is 3.74. The predicted molar refractivity (Wildman–Crippen MR) is 112 cm³/mol. The van der Waals surface area contributed by atoms with Crippen molar-refractivity contribution < 1.29 is 0 Å². The summed E-state index contributed by atoms with van der Waals surface area (Å²) in [6, 6.07) is 13.3. The molecule has 1 aliphatic carbocycles. The molecule has 0 spiro atoms. The molecule has 0 saturated heterocycles. The van der Waals surface area contributed by atoms with Crippen LogP contribution in [-0.2, 0) is 12.8 Å². The maximum absolute atomic E-state index is 4.70. The van der Waals surface area contributed by atoms with Crippen LogP contribution in [0.15, 0.2) is 41.4 Å². The van der Waals surface area contributed by atoms with Crippen LogP contribution in [0.2, 0.25) is 0 Å². The molecular formula is C23H25NS. The van der Waals surface area contributed by atoms with Crippen molar-refractivity contribution in [1.82, 2.24) is 0 Å². The number of hydrogen-bond acceptors (Lipinski definition) is 2. The number of fused-ring (bicyclic) bond motifs is 1. The minimum atomic E-state index is 0.901. The maximum Gasteiger partial charge on any atom is 0.0742 e. The second-order valence-electron chi connectivity index (χ2n) is 6.86. The van der Waals surface area contributed by atoms with Crippen molar-refractivity contribution in [3.05, 3.63) is 64.2 Å². The van der Waals surface area contributed by atoms with Crippen LogP contribution in [-0.4, -0.2) is 5.16 Å². The first-order valence-electron chi connectivity index (χ1n) is 9.22. The molecule has 0 N–H and O–H groups in total. The third kappa shape index (κ3) is 4.34. The summed E-state index contributed by atoms with van der Waals surface area (Å²) >= 11 is 4.70. The van der Waals surface area contributed by atoms with Gasteiger partial charge in [0.15, 0.2) is 0 Å². The van der Waals surface area contributed by atoms with Crippen LogP contribution in [0.3, 0.4) is 0 Å². The van der Waals surface area contributed by atoms with Crippen LogP contribution >= 0.6 is 12.2 Å². The van der Waals surface area contributed by atoms with Gasteiger partial charge in [0.2, 0.25) is 0 Å². The van der Waals surface area contributed by atoms with E-state index in [-0.39, 0.29) is 0 Å². The zero-order valence-electron chi connectivity index (χ0n) is 15.1. The van der Waals surface area contributed by atoms with Crippen molar-refractivity contribution in [3.8, 4) is 0 Å². The number of hydrogen-bond donors (Lipinski definition) is 0. The van der Waals surface area contributed by atoms with Crippen molar-refractivity contribution in [2.24, 2.45) is 4.99 Å². The molecule has 0 aliphatic heterocycles. The van der Waals surface area contributed by atoms with Crippen LogP contribution in [0.1, 0.15) is 60.4 Å². The number of aliphatic imine (C=N–C) groups is 1.